The topological polar surface area (TPSA) is 67.8 Å². The van der Waals surface area contributed by atoms with E-state index < -0.39 is 6.10 Å². The number of carbonyl (C=O) groups excluding carboxylic acids is 1. The second-order valence-electron chi connectivity index (χ2n) is 4.46. The lowest BCUT2D eigenvalue weighted by molar-refractivity contribution is -0.140. The molecule has 5 nitrogen and oxygen atoms in total. The molecule has 1 aromatic carbocycles. The van der Waals surface area contributed by atoms with Crippen molar-refractivity contribution in [3.05, 3.63) is 29.8 Å². The summed E-state index contributed by atoms with van der Waals surface area (Å²) in [6.07, 6.45) is 0.105. The summed E-state index contributed by atoms with van der Waals surface area (Å²) in [5.74, 6) is 0.503. The fourth-order valence-electron chi connectivity index (χ4n) is 2.00. The highest BCUT2D eigenvalue weighted by molar-refractivity contribution is 5.69. The van der Waals surface area contributed by atoms with Gasteiger partial charge in [-0.3, -0.25) is 4.79 Å². The Balaban J connectivity index is 2.64. The van der Waals surface area contributed by atoms with Crippen LogP contribution in [0.2, 0.25) is 0 Å². The largest absolute Gasteiger partial charge is 0.494 e. The van der Waals surface area contributed by atoms with Crippen LogP contribution in [-0.4, -0.2) is 37.9 Å². The number of nitrogens with one attached hydrogen (secondary N) is 1. The van der Waals surface area contributed by atoms with Crippen LogP contribution in [0.15, 0.2) is 24.3 Å². The second kappa shape index (κ2) is 8.55. The number of likely N-dealkylation sites (N-methyl/N-ethyl adjacent to an activating group) is 1. The molecule has 112 valence electrons. The molecule has 2 N–H and O–H groups in total. The highest BCUT2D eigenvalue weighted by Gasteiger charge is 2.20. The summed E-state index contributed by atoms with van der Waals surface area (Å²) < 4.78 is 9.97. The summed E-state index contributed by atoms with van der Waals surface area (Å²) in [5, 5.41) is 13.4. The molecule has 0 saturated heterocycles. The van der Waals surface area contributed by atoms with E-state index in [1.54, 1.807) is 7.05 Å². The summed E-state index contributed by atoms with van der Waals surface area (Å²) in [4.78, 5) is 11.2. The highest BCUT2D eigenvalue weighted by atomic mass is 16.5. The number of rotatable bonds is 8. The average Bonchev–Trinajstić information content (AvgIpc) is 2.48. The predicted molar refractivity (Wildman–Crippen MR) is 76.7 cm³/mol. The van der Waals surface area contributed by atoms with Crippen LogP contribution in [0.1, 0.15) is 31.4 Å². The van der Waals surface area contributed by atoms with E-state index in [2.05, 4.69) is 10.1 Å². The zero-order chi connectivity index (χ0) is 15.0. The van der Waals surface area contributed by atoms with Crippen molar-refractivity contribution >= 4 is 5.97 Å². The first-order chi connectivity index (χ1) is 9.62. The molecule has 0 radical (unpaired) electrons. The fourth-order valence-corrected chi connectivity index (χ4v) is 2.00. The second-order valence-corrected chi connectivity index (χ2v) is 4.46. The first kappa shape index (κ1) is 16.5. The van der Waals surface area contributed by atoms with E-state index in [4.69, 9.17) is 4.74 Å². The average molecular weight is 281 g/mol. The Morgan fingerprint density at radius 2 is 2.00 bits per heavy atom. The molecular weight excluding hydrogens is 258 g/mol. The number of benzene rings is 1. The van der Waals surface area contributed by atoms with Gasteiger partial charge in [0.2, 0.25) is 0 Å². The molecule has 0 aliphatic rings. The van der Waals surface area contributed by atoms with Crippen LogP contribution < -0.4 is 10.1 Å². The van der Waals surface area contributed by atoms with E-state index in [-0.39, 0.29) is 18.4 Å². The Kier molecular flexibility index (Phi) is 7.04. The Morgan fingerprint density at radius 3 is 2.50 bits per heavy atom. The molecule has 0 aliphatic carbocycles. The van der Waals surface area contributed by atoms with Gasteiger partial charge in [0, 0.05) is 12.5 Å². The molecule has 0 aromatic heterocycles. The molecule has 0 heterocycles. The number of aliphatic hydroxyl groups is 1. The highest BCUT2D eigenvalue weighted by Crippen LogP contribution is 2.22. The number of methoxy groups -OCH3 is 1. The van der Waals surface area contributed by atoms with Crippen LogP contribution >= 0.6 is 0 Å². The van der Waals surface area contributed by atoms with Crippen LogP contribution in [0.4, 0.5) is 0 Å². The Bertz CT molecular complexity index is 405. The van der Waals surface area contributed by atoms with E-state index in [9.17, 15) is 9.90 Å². The molecule has 2 atom stereocenters. The van der Waals surface area contributed by atoms with Gasteiger partial charge in [0.1, 0.15) is 5.75 Å². The number of ether oxygens (including phenoxy) is 2. The Morgan fingerprint density at radius 1 is 1.35 bits per heavy atom. The van der Waals surface area contributed by atoms with Gasteiger partial charge in [0.05, 0.1) is 19.8 Å². The van der Waals surface area contributed by atoms with Gasteiger partial charge in [0.25, 0.3) is 0 Å². The van der Waals surface area contributed by atoms with Crippen molar-refractivity contribution in [3.8, 4) is 5.75 Å². The molecule has 20 heavy (non-hydrogen) atoms. The molecule has 2 unspecified atom stereocenters. The first-order valence-corrected chi connectivity index (χ1v) is 6.77. The van der Waals surface area contributed by atoms with Crippen molar-refractivity contribution in [2.45, 2.75) is 31.9 Å². The van der Waals surface area contributed by atoms with Gasteiger partial charge in [-0.25, -0.2) is 0 Å². The van der Waals surface area contributed by atoms with Gasteiger partial charge in [0.15, 0.2) is 0 Å². The van der Waals surface area contributed by atoms with Crippen molar-refractivity contribution in [1.82, 2.24) is 5.32 Å². The predicted octanol–water partition coefficient (Wildman–Crippen LogP) is 1.66. The van der Waals surface area contributed by atoms with Gasteiger partial charge >= 0.3 is 5.97 Å². The van der Waals surface area contributed by atoms with Gasteiger partial charge in [-0.15, -0.1) is 0 Å². The minimum absolute atomic E-state index is 0.202. The zero-order valence-corrected chi connectivity index (χ0v) is 12.3. The Hall–Kier alpha value is -1.59. The third kappa shape index (κ3) is 4.83. The molecule has 1 aromatic rings. The third-order valence-corrected chi connectivity index (χ3v) is 3.17. The SMILES string of the molecule is CCOc1ccc(C(O)C(CCC(=O)OC)NC)cc1. The van der Waals surface area contributed by atoms with Crippen LogP contribution in [0.25, 0.3) is 0 Å². The van der Waals surface area contributed by atoms with Gasteiger partial charge < -0.3 is 19.9 Å². The van der Waals surface area contributed by atoms with Crippen LogP contribution in [0.5, 0.6) is 5.75 Å². The van der Waals surface area contributed by atoms with Crippen molar-refractivity contribution in [2.75, 3.05) is 20.8 Å². The lowest BCUT2D eigenvalue weighted by Gasteiger charge is -2.22. The number of carbonyl (C=O) groups is 1. The van der Waals surface area contributed by atoms with Gasteiger partial charge in [-0.2, -0.15) is 0 Å². The van der Waals surface area contributed by atoms with Crippen molar-refractivity contribution < 1.29 is 19.4 Å². The maximum absolute atomic E-state index is 11.2. The van der Waals surface area contributed by atoms with Gasteiger partial charge in [-0.05, 0) is 38.1 Å². The molecule has 0 saturated carbocycles. The minimum Gasteiger partial charge on any atom is -0.494 e. The summed E-state index contributed by atoms with van der Waals surface area (Å²) in [5.41, 5.74) is 0.790. The maximum atomic E-state index is 11.2. The van der Waals surface area contributed by atoms with Crippen molar-refractivity contribution in [1.29, 1.82) is 0 Å². The molecule has 5 heteroatoms. The van der Waals surface area contributed by atoms with Crippen LogP contribution in [-0.2, 0) is 9.53 Å². The quantitative estimate of drug-likeness (QED) is 0.709. The third-order valence-electron chi connectivity index (χ3n) is 3.17. The summed E-state index contributed by atoms with van der Waals surface area (Å²) in [7, 11) is 3.12. The summed E-state index contributed by atoms with van der Waals surface area (Å²) >= 11 is 0. The normalized spacial score (nSPS) is 13.6. The van der Waals surface area contributed by atoms with Crippen molar-refractivity contribution in [3.63, 3.8) is 0 Å². The van der Waals surface area contributed by atoms with Crippen LogP contribution in [0.3, 0.4) is 0 Å². The summed E-state index contributed by atoms with van der Waals surface area (Å²) in [6.45, 7) is 2.53. The van der Waals surface area contributed by atoms with E-state index >= 15 is 0 Å². The molecule has 0 amide bonds. The van der Waals surface area contributed by atoms with Crippen molar-refractivity contribution in [2.24, 2.45) is 0 Å². The smallest absolute Gasteiger partial charge is 0.305 e. The van der Waals surface area contributed by atoms with E-state index in [1.807, 2.05) is 31.2 Å². The van der Waals surface area contributed by atoms with E-state index in [0.29, 0.717) is 13.0 Å². The zero-order valence-electron chi connectivity index (χ0n) is 12.3. The molecule has 1 rings (SSSR count). The number of esters is 1. The number of hydrogen-bond donors (Lipinski definition) is 2. The summed E-state index contributed by atoms with van der Waals surface area (Å²) in [6, 6.07) is 7.12. The molecule has 0 bridgehead atoms. The molecular formula is C15H23NO4. The first-order valence-electron chi connectivity index (χ1n) is 6.77. The van der Waals surface area contributed by atoms with E-state index in [1.165, 1.54) is 7.11 Å². The molecule has 0 fully saturated rings. The number of hydrogen-bond acceptors (Lipinski definition) is 5. The maximum Gasteiger partial charge on any atom is 0.305 e. The number of aliphatic hydroxyl groups excluding tert-OH is 1. The van der Waals surface area contributed by atoms with Crippen LogP contribution in [0, 0.1) is 0 Å². The minimum atomic E-state index is -0.680. The standard InChI is InChI=1S/C15H23NO4/c1-4-20-12-7-5-11(6-8-12)15(18)13(16-2)9-10-14(17)19-3/h5-8,13,15-16,18H,4,9-10H2,1-3H3. The monoisotopic (exact) mass is 281 g/mol. The molecule has 0 aliphatic heterocycles. The lowest BCUT2D eigenvalue weighted by Crippen LogP contribution is -2.32. The lowest BCUT2D eigenvalue weighted by atomic mass is 9.98. The van der Waals surface area contributed by atoms with E-state index in [0.717, 1.165) is 11.3 Å². The fraction of sp³-hybridized carbons (Fsp3) is 0.533. The molecule has 0 spiro atoms. The van der Waals surface area contributed by atoms with Gasteiger partial charge in [-0.1, -0.05) is 12.1 Å². The Labute approximate surface area is 119 Å².